The van der Waals surface area contributed by atoms with Crippen molar-refractivity contribution in [2.45, 2.75) is 36.7 Å². The molecule has 0 bridgehead atoms. The fraction of sp³-hybridized carbons (Fsp3) is 0.385. The standard InChI is InChI=1S/C26H29N3O4S/c1-17-27-28-26(32-17)25-14-22-23(4-3-5-24(22)33-25)31-16-20(30)15-29-12-10-19(11-13-29)18-6-8-21(34-2)9-7-18/h3-9,14,19-20,30H,10-13,15-16H2,1-2H3/t20-/m0/s1. The Bertz CT molecular complexity index is 1230. The normalized spacial score (nSPS) is 16.2. The maximum Gasteiger partial charge on any atom is 0.283 e. The Morgan fingerprint density at radius 3 is 2.62 bits per heavy atom. The van der Waals surface area contributed by atoms with Crippen LogP contribution in [0.1, 0.15) is 30.2 Å². The molecule has 0 spiro atoms. The molecule has 5 rings (SSSR count). The first-order valence-corrected chi connectivity index (χ1v) is 12.8. The van der Waals surface area contributed by atoms with Gasteiger partial charge in [-0.25, -0.2) is 0 Å². The van der Waals surface area contributed by atoms with Gasteiger partial charge >= 0.3 is 0 Å². The highest BCUT2D eigenvalue weighted by molar-refractivity contribution is 7.98. The van der Waals surface area contributed by atoms with Gasteiger partial charge in [-0.1, -0.05) is 18.2 Å². The Morgan fingerprint density at radius 2 is 1.91 bits per heavy atom. The largest absolute Gasteiger partial charge is 0.490 e. The van der Waals surface area contributed by atoms with Crippen molar-refractivity contribution in [3.8, 4) is 17.4 Å². The molecular formula is C26H29N3O4S. The molecule has 2 aromatic heterocycles. The second-order valence-electron chi connectivity index (χ2n) is 8.72. The monoisotopic (exact) mass is 479 g/mol. The van der Waals surface area contributed by atoms with Gasteiger partial charge in [-0.05, 0) is 67.9 Å². The predicted octanol–water partition coefficient (Wildman–Crippen LogP) is 5.13. The first-order chi connectivity index (χ1) is 16.6. The van der Waals surface area contributed by atoms with Gasteiger partial charge in [-0.15, -0.1) is 22.0 Å². The van der Waals surface area contributed by atoms with Crippen LogP contribution in [0.5, 0.6) is 5.75 Å². The minimum absolute atomic E-state index is 0.218. The number of furan rings is 1. The Morgan fingerprint density at radius 1 is 1.12 bits per heavy atom. The Labute approximate surface area is 203 Å². The molecule has 3 heterocycles. The summed E-state index contributed by atoms with van der Waals surface area (Å²) in [7, 11) is 0. The topological polar surface area (TPSA) is 84.8 Å². The van der Waals surface area contributed by atoms with Gasteiger partial charge in [0.15, 0.2) is 5.76 Å². The average molecular weight is 480 g/mol. The number of fused-ring (bicyclic) bond motifs is 1. The summed E-state index contributed by atoms with van der Waals surface area (Å²) in [5.74, 6) is 2.57. The van der Waals surface area contributed by atoms with Gasteiger partial charge in [0, 0.05) is 24.4 Å². The molecule has 0 radical (unpaired) electrons. The summed E-state index contributed by atoms with van der Waals surface area (Å²) in [5.41, 5.74) is 2.09. The fourth-order valence-electron chi connectivity index (χ4n) is 4.52. The van der Waals surface area contributed by atoms with Gasteiger partial charge < -0.3 is 23.6 Å². The molecule has 0 saturated carbocycles. The van der Waals surface area contributed by atoms with Crippen LogP contribution in [0.25, 0.3) is 22.6 Å². The summed E-state index contributed by atoms with van der Waals surface area (Å²) >= 11 is 1.77. The molecule has 7 nitrogen and oxygen atoms in total. The SMILES string of the molecule is CSc1ccc(C2CCN(C[C@H](O)COc3cccc4oc(-c5nnc(C)o5)cc34)CC2)cc1. The molecule has 1 N–H and O–H groups in total. The van der Waals surface area contributed by atoms with Crippen LogP contribution in [0, 0.1) is 6.92 Å². The number of likely N-dealkylation sites (tertiary alicyclic amines) is 1. The van der Waals surface area contributed by atoms with E-state index in [1.54, 1.807) is 18.7 Å². The summed E-state index contributed by atoms with van der Waals surface area (Å²) in [6.07, 6.45) is 3.75. The number of hydrogen-bond acceptors (Lipinski definition) is 8. The number of aliphatic hydroxyl groups is 1. The number of thioether (sulfide) groups is 1. The molecular weight excluding hydrogens is 450 g/mol. The van der Waals surface area contributed by atoms with Gasteiger partial charge in [0.1, 0.15) is 24.0 Å². The molecule has 1 aliphatic heterocycles. The second-order valence-corrected chi connectivity index (χ2v) is 9.60. The molecule has 1 fully saturated rings. The van der Waals surface area contributed by atoms with Crippen LogP contribution in [-0.4, -0.2) is 58.8 Å². The third-order valence-corrected chi connectivity index (χ3v) is 7.08. The maximum absolute atomic E-state index is 10.6. The van der Waals surface area contributed by atoms with E-state index in [9.17, 15) is 5.11 Å². The number of rotatable bonds is 8. The van der Waals surface area contributed by atoms with Crippen molar-refractivity contribution >= 4 is 22.7 Å². The number of aryl methyl sites for hydroxylation is 1. The molecule has 1 atom stereocenters. The molecule has 2 aromatic carbocycles. The molecule has 178 valence electrons. The number of nitrogens with zero attached hydrogens (tertiary/aromatic N) is 3. The highest BCUT2D eigenvalue weighted by Gasteiger charge is 2.23. The molecule has 8 heteroatoms. The first kappa shape index (κ1) is 23.0. The van der Waals surface area contributed by atoms with Crippen molar-refractivity contribution in [3.05, 3.63) is 60.0 Å². The Kier molecular flexibility index (Phi) is 6.89. The lowest BCUT2D eigenvalue weighted by Gasteiger charge is -2.33. The van der Waals surface area contributed by atoms with E-state index in [4.69, 9.17) is 13.6 Å². The number of aromatic nitrogens is 2. The zero-order chi connectivity index (χ0) is 23.5. The Hall–Kier alpha value is -2.81. The van der Waals surface area contributed by atoms with E-state index in [0.717, 1.165) is 31.3 Å². The lowest BCUT2D eigenvalue weighted by atomic mass is 9.89. The molecule has 0 unspecified atom stereocenters. The van der Waals surface area contributed by atoms with Crippen molar-refractivity contribution < 1.29 is 18.7 Å². The number of hydrogen-bond donors (Lipinski definition) is 1. The quantitative estimate of drug-likeness (QED) is 0.348. The van der Waals surface area contributed by atoms with Crippen molar-refractivity contribution in [2.75, 3.05) is 32.5 Å². The van der Waals surface area contributed by atoms with E-state index >= 15 is 0 Å². The zero-order valence-electron chi connectivity index (χ0n) is 19.4. The minimum Gasteiger partial charge on any atom is -0.490 e. The highest BCUT2D eigenvalue weighted by Crippen LogP contribution is 2.33. The number of aliphatic hydroxyl groups excluding tert-OH is 1. The molecule has 1 saturated heterocycles. The maximum atomic E-state index is 10.6. The van der Waals surface area contributed by atoms with Crippen molar-refractivity contribution in [1.29, 1.82) is 0 Å². The van der Waals surface area contributed by atoms with Gasteiger partial charge in [-0.3, -0.25) is 0 Å². The van der Waals surface area contributed by atoms with Crippen LogP contribution >= 0.6 is 11.8 Å². The van der Waals surface area contributed by atoms with Crippen LogP contribution in [-0.2, 0) is 0 Å². The van der Waals surface area contributed by atoms with E-state index in [2.05, 4.69) is 45.6 Å². The number of ether oxygens (including phenoxy) is 1. The zero-order valence-corrected chi connectivity index (χ0v) is 20.3. The van der Waals surface area contributed by atoms with Gasteiger partial charge in [-0.2, -0.15) is 0 Å². The molecule has 4 aromatic rings. The van der Waals surface area contributed by atoms with Crippen LogP contribution in [0.2, 0.25) is 0 Å². The van der Waals surface area contributed by atoms with Crippen LogP contribution in [0.3, 0.4) is 0 Å². The van der Waals surface area contributed by atoms with Crippen molar-refractivity contribution in [3.63, 3.8) is 0 Å². The fourth-order valence-corrected chi connectivity index (χ4v) is 4.93. The van der Waals surface area contributed by atoms with Crippen LogP contribution < -0.4 is 4.74 Å². The molecule has 0 aliphatic carbocycles. The second kappa shape index (κ2) is 10.2. The smallest absolute Gasteiger partial charge is 0.283 e. The summed E-state index contributed by atoms with van der Waals surface area (Å²) in [6, 6.07) is 16.4. The van der Waals surface area contributed by atoms with Gasteiger partial charge in [0.2, 0.25) is 5.89 Å². The van der Waals surface area contributed by atoms with Crippen molar-refractivity contribution in [2.24, 2.45) is 0 Å². The number of β-amino-alcohol motifs (C(OH)–C–C–N with tert-alkyl or cyclic N) is 1. The van der Waals surface area contributed by atoms with E-state index in [1.165, 1.54) is 10.5 Å². The van der Waals surface area contributed by atoms with E-state index in [0.29, 0.717) is 41.3 Å². The number of benzene rings is 2. The third kappa shape index (κ3) is 5.14. The summed E-state index contributed by atoms with van der Waals surface area (Å²) < 4.78 is 17.3. The molecule has 34 heavy (non-hydrogen) atoms. The number of piperidine rings is 1. The van der Waals surface area contributed by atoms with Crippen molar-refractivity contribution in [1.82, 2.24) is 15.1 Å². The molecule has 0 amide bonds. The van der Waals surface area contributed by atoms with E-state index < -0.39 is 6.10 Å². The lowest BCUT2D eigenvalue weighted by Crippen LogP contribution is -2.40. The summed E-state index contributed by atoms with van der Waals surface area (Å²) in [5, 5.41) is 19.3. The predicted molar refractivity (Wildman–Crippen MR) is 132 cm³/mol. The van der Waals surface area contributed by atoms with E-state index in [-0.39, 0.29) is 6.61 Å². The van der Waals surface area contributed by atoms with E-state index in [1.807, 2.05) is 24.3 Å². The summed E-state index contributed by atoms with van der Waals surface area (Å²) in [6.45, 7) is 4.52. The van der Waals surface area contributed by atoms with Gasteiger partial charge in [0.25, 0.3) is 5.89 Å². The van der Waals surface area contributed by atoms with Crippen LogP contribution in [0.4, 0.5) is 0 Å². The third-order valence-electron chi connectivity index (χ3n) is 6.33. The average Bonchev–Trinajstić information content (AvgIpc) is 3.50. The summed E-state index contributed by atoms with van der Waals surface area (Å²) in [4.78, 5) is 3.63. The molecule has 1 aliphatic rings. The minimum atomic E-state index is -0.572. The van der Waals surface area contributed by atoms with Gasteiger partial charge in [0.05, 0.1) is 5.39 Å². The lowest BCUT2D eigenvalue weighted by molar-refractivity contribution is 0.0599. The van der Waals surface area contributed by atoms with Crippen LogP contribution in [0.15, 0.2) is 62.3 Å². The first-order valence-electron chi connectivity index (χ1n) is 11.6. The Balaban J connectivity index is 1.14. The highest BCUT2D eigenvalue weighted by atomic mass is 32.2.